The minimum Gasteiger partial charge on any atom is -0.313 e. The van der Waals surface area contributed by atoms with E-state index in [0.717, 1.165) is 24.9 Å². The zero-order valence-corrected chi connectivity index (χ0v) is 12.8. The van der Waals surface area contributed by atoms with Crippen molar-refractivity contribution >= 4 is 10.0 Å². The Kier molecular flexibility index (Phi) is 6.48. The molecule has 0 atom stereocenters. The zero-order chi connectivity index (χ0) is 14.3. The first-order valence-electron chi connectivity index (χ1n) is 6.85. The highest BCUT2D eigenvalue weighted by Crippen LogP contribution is 2.13. The molecule has 0 bridgehead atoms. The molecule has 19 heavy (non-hydrogen) atoms. The minimum absolute atomic E-state index is 0.00224. The van der Waals surface area contributed by atoms with E-state index in [1.807, 2.05) is 26.8 Å². The van der Waals surface area contributed by atoms with Crippen molar-refractivity contribution in [1.29, 1.82) is 0 Å². The fourth-order valence-electron chi connectivity index (χ4n) is 1.83. The number of nitrogens with one attached hydrogen (secondary N) is 2. The molecule has 4 nitrogen and oxygen atoms in total. The van der Waals surface area contributed by atoms with E-state index in [9.17, 15) is 8.42 Å². The van der Waals surface area contributed by atoms with Crippen molar-refractivity contribution in [2.24, 2.45) is 0 Å². The third kappa shape index (κ3) is 4.93. The lowest BCUT2D eigenvalue weighted by molar-refractivity contribution is 0.530. The minimum atomic E-state index is -3.41. The van der Waals surface area contributed by atoms with Crippen LogP contribution in [-0.4, -0.2) is 21.0 Å². The van der Waals surface area contributed by atoms with Gasteiger partial charge in [0.15, 0.2) is 0 Å². The summed E-state index contributed by atoms with van der Waals surface area (Å²) >= 11 is 0. The first-order valence-corrected chi connectivity index (χ1v) is 8.33. The highest BCUT2D eigenvalue weighted by Gasteiger charge is 2.17. The van der Waals surface area contributed by atoms with E-state index in [0.29, 0.717) is 11.4 Å². The second-order valence-corrected chi connectivity index (χ2v) is 6.28. The maximum absolute atomic E-state index is 12.3. The molecule has 0 amide bonds. The molecule has 0 unspecified atom stereocenters. The molecule has 108 valence electrons. The summed E-state index contributed by atoms with van der Waals surface area (Å²) in [6.07, 6.45) is 1.60. The molecular weight excluding hydrogens is 260 g/mol. The summed E-state index contributed by atoms with van der Waals surface area (Å²) < 4.78 is 27.3. The van der Waals surface area contributed by atoms with Crippen LogP contribution in [0.15, 0.2) is 29.2 Å². The van der Waals surface area contributed by atoms with Crippen LogP contribution in [0, 0.1) is 0 Å². The van der Waals surface area contributed by atoms with Crippen LogP contribution >= 0.6 is 0 Å². The van der Waals surface area contributed by atoms with Crippen LogP contribution in [0.4, 0.5) is 0 Å². The summed E-state index contributed by atoms with van der Waals surface area (Å²) in [5, 5.41) is 3.19. The maximum atomic E-state index is 12.3. The van der Waals surface area contributed by atoms with Gasteiger partial charge in [0.25, 0.3) is 0 Å². The highest BCUT2D eigenvalue weighted by molar-refractivity contribution is 7.89. The standard InChI is InChI=1S/C14H24N2O2S/c1-4-13(5-2)16-19(17,18)14-9-7-8-12(10-14)11-15-6-3/h7-10,13,15-16H,4-6,11H2,1-3H3. The summed E-state index contributed by atoms with van der Waals surface area (Å²) in [5.41, 5.74) is 0.981. The van der Waals surface area contributed by atoms with Crippen molar-refractivity contribution in [3.05, 3.63) is 29.8 Å². The predicted octanol–water partition coefficient (Wildman–Crippen LogP) is 2.26. The molecule has 1 aromatic rings. The molecule has 0 aromatic heterocycles. The molecule has 0 heterocycles. The maximum Gasteiger partial charge on any atom is 0.240 e. The lowest BCUT2D eigenvalue weighted by atomic mass is 10.2. The van der Waals surface area contributed by atoms with E-state index in [4.69, 9.17) is 0 Å². The smallest absolute Gasteiger partial charge is 0.240 e. The van der Waals surface area contributed by atoms with Crippen LogP contribution in [0.25, 0.3) is 0 Å². The molecule has 1 rings (SSSR count). The van der Waals surface area contributed by atoms with Crippen molar-refractivity contribution in [1.82, 2.24) is 10.0 Å². The van der Waals surface area contributed by atoms with Gasteiger partial charge in [0.1, 0.15) is 0 Å². The lowest BCUT2D eigenvalue weighted by Gasteiger charge is -2.15. The molecule has 0 aliphatic rings. The summed E-state index contributed by atoms with van der Waals surface area (Å²) in [6.45, 7) is 7.54. The number of benzene rings is 1. The summed E-state index contributed by atoms with van der Waals surface area (Å²) in [6, 6.07) is 7.09. The third-order valence-corrected chi connectivity index (χ3v) is 4.61. The van der Waals surface area contributed by atoms with Crippen LogP contribution in [0.1, 0.15) is 39.2 Å². The molecule has 0 radical (unpaired) electrons. The van der Waals surface area contributed by atoms with Gasteiger partial charge in [-0.25, -0.2) is 13.1 Å². The fourth-order valence-corrected chi connectivity index (χ4v) is 3.31. The first-order chi connectivity index (χ1) is 9.03. The second-order valence-electron chi connectivity index (χ2n) is 4.56. The van der Waals surface area contributed by atoms with Gasteiger partial charge in [0, 0.05) is 12.6 Å². The Balaban J connectivity index is 2.88. The fraction of sp³-hybridized carbons (Fsp3) is 0.571. The van der Waals surface area contributed by atoms with E-state index >= 15 is 0 Å². The van der Waals surface area contributed by atoms with Crippen molar-refractivity contribution < 1.29 is 8.42 Å². The molecule has 1 aromatic carbocycles. The topological polar surface area (TPSA) is 58.2 Å². The normalized spacial score (nSPS) is 12.0. The molecule has 0 aliphatic carbocycles. The Morgan fingerprint density at radius 2 is 1.84 bits per heavy atom. The molecule has 0 aliphatic heterocycles. The summed E-state index contributed by atoms with van der Waals surface area (Å²) in [5.74, 6) is 0. The summed E-state index contributed by atoms with van der Waals surface area (Å²) in [4.78, 5) is 0.342. The van der Waals surface area contributed by atoms with Crippen molar-refractivity contribution in [3.63, 3.8) is 0 Å². The van der Waals surface area contributed by atoms with Gasteiger partial charge in [-0.1, -0.05) is 32.9 Å². The molecule has 0 fully saturated rings. The van der Waals surface area contributed by atoms with Crippen LogP contribution in [0.3, 0.4) is 0 Å². The third-order valence-electron chi connectivity index (χ3n) is 3.10. The Hall–Kier alpha value is -0.910. The van der Waals surface area contributed by atoms with Gasteiger partial charge in [0.05, 0.1) is 4.90 Å². The summed E-state index contributed by atoms with van der Waals surface area (Å²) in [7, 11) is -3.41. The number of hydrogen-bond acceptors (Lipinski definition) is 3. The van der Waals surface area contributed by atoms with Gasteiger partial charge in [-0.3, -0.25) is 0 Å². The molecular formula is C14H24N2O2S. The number of rotatable bonds is 8. The van der Waals surface area contributed by atoms with E-state index in [1.165, 1.54) is 0 Å². The van der Waals surface area contributed by atoms with Gasteiger partial charge >= 0.3 is 0 Å². The molecule has 0 saturated carbocycles. The first kappa shape index (κ1) is 16.1. The van der Waals surface area contributed by atoms with Crippen LogP contribution in [-0.2, 0) is 16.6 Å². The monoisotopic (exact) mass is 284 g/mol. The zero-order valence-electron chi connectivity index (χ0n) is 11.9. The van der Waals surface area contributed by atoms with Gasteiger partial charge < -0.3 is 5.32 Å². The Labute approximate surface area is 116 Å². The van der Waals surface area contributed by atoms with E-state index in [1.54, 1.807) is 18.2 Å². The highest BCUT2D eigenvalue weighted by atomic mass is 32.2. The van der Waals surface area contributed by atoms with Crippen LogP contribution < -0.4 is 10.0 Å². The molecule has 0 saturated heterocycles. The van der Waals surface area contributed by atoms with Gasteiger partial charge in [-0.05, 0) is 37.1 Å². The quantitative estimate of drug-likeness (QED) is 0.770. The average molecular weight is 284 g/mol. The lowest BCUT2D eigenvalue weighted by Crippen LogP contribution is -2.33. The predicted molar refractivity (Wildman–Crippen MR) is 78.5 cm³/mol. The largest absolute Gasteiger partial charge is 0.313 e. The van der Waals surface area contributed by atoms with Crippen molar-refractivity contribution in [2.75, 3.05) is 6.54 Å². The van der Waals surface area contributed by atoms with E-state index in [2.05, 4.69) is 10.0 Å². The van der Waals surface area contributed by atoms with Gasteiger partial charge in [-0.2, -0.15) is 0 Å². The molecule has 0 spiro atoms. The number of sulfonamides is 1. The average Bonchev–Trinajstić information content (AvgIpc) is 2.43. The Morgan fingerprint density at radius 1 is 1.16 bits per heavy atom. The van der Waals surface area contributed by atoms with Crippen molar-refractivity contribution in [3.8, 4) is 0 Å². The number of hydrogen-bond donors (Lipinski definition) is 2. The van der Waals surface area contributed by atoms with Gasteiger partial charge in [-0.15, -0.1) is 0 Å². The Bertz CT molecular complexity index is 482. The van der Waals surface area contributed by atoms with Crippen molar-refractivity contribution in [2.45, 2.75) is 51.1 Å². The SMILES string of the molecule is CCNCc1cccc(S(=O)(=O)NC(CC)CC)c1. The van der Waals surface area contributed by atoms with Crippen LogP contribution in [0.2, 0.25) is 0 Å². The van der Waals surface area contributed by atoms with Gasteiger partial charge in [0.2, 0.25) is 10.0 Å². The molecule has 2 N–H and O–H groups in total. The second kappa shape index (κ2) is 7.62. The molecule has 5 heteroatoms. The van der Waals surface area contributed by atoms with E-state index < -0.39 is 10.0 Å². The van der Waals surface area contributed by atoms with Crippen LogP contribution in [0.5, 0.6) is 0 Å². The Morgan fingerprint density at radius 3 is 2.42 bits per heavy atom. The van der Waals surface area contributed by atoms with E-state index in [-0.39, 0.29) is 6.04 Å².